The van der Waals surface area contributed by atoms with E-state index in [4.69, 9.17) is 9.47 Å². The van der Waals surface area contributed by atoms with Crippen LogP contribution in [-0.2, 0) is 19.9 Å². The molecular weight excluding hydrogens is 298 g/mol. The number of amides is 1. The van der Waals surface area contributed by atoms with Crippen LogP contribution in [0.3, 0.4) is 0 Å². The summed E-state index contributed by atoms with van der Waals surface area (Å²) in [6.45, 7) is 5.38. The number of benzene rings is 1. The lowest BCUT2D eigenvalue weighted by Gasteiger charge is -2.29. The average Bonchev–Trinajstić information content (AvgIpc) is 2.88. The van der Waals surface area contributed by atoms with Gasteiger partial charge in [0, 0.05) is 13.5 Å². The van der Waals surface area contributed by atoms with E-state index >= 15 is 0 Å². The van der Waals surface area contributed by atoms with Crippen molar-refractivity contribution in [3.63, 3.8) is 0 Å². The maximum absolute atomic E-state index is 12.4. The standard InChI is InChI=1S/C17H23NO5/c1-16(2,3)23-15(21)18-11-17(22-4,10-13(18)14(19)20)12-8-6-5-7-9-12/h5-9,13H,10-11H2,1-4H3,(H,19,20)/t13-,17+/m0/s1. The zero-order valence-corrected chi connectivity index (χ0v) is 13.9. The molecule has 6 nitrogen and oxygen atoms in total. The SMILES string of the molecule is CO[C@]1(c2ccccc2)C[C@@H](C(=O)O)N(C(=O)OC(C)(C)C)C1. The minimum atomic E-state index is -1.06. The Labute approximate surface area is 136 Å². The second-order valence-electron chi connectivity index (χ2n) is 6.73. The monoisotopic (exact) mass is 321 g/mol. The molecule has 0 bridgehead atoms. The van der Waals surface area contributed by atoms with E-state index in [2.05, 4.69) is 0 Å². The lowest BCUT2D eigenvalue weighted by molar-refractivity contribution is -0.142. The Hall–Kier alpha value is -2.08. The zero-order chi connectivity index (χ0) is 17.3. The maximum Gasteiger partial charge on any atom is 0.411 e. The van der Waals surface area contributed by atoms with Gasteiger partial charge in [0.05, 0.1) is 6.54 Å². The Morgan fingerprint density at radius 3 is 2.35 bits per heavy atom. The second-order valence-corrected chi connectivity index (χ2v) is 6.73. The lowest BCUT2D eigenvalue weighted by atomic mass is 9.91. The minimum Gasteiger partial charge on any atom is -0.480 e. The molecule has 1 N–H and O–H groups in total. The van der Waals surface area contributed by atoms with Gasteiger partial charge in [-0.15, -0.1) is 0 Å². The Morgan fingerprint density at radius 2 is 1.87 bits per heavy atom. The van der Waals surface area contributed by atoms with Gasteiger partial charge in [0.1, 0.15) is 17.2 Å². The first-order valence-corrected chi connectivity index (χ1v) is 7.52. The third kappa shape index (κ3) is 3.64. The van der Waals surface area contributed by atoms with Gasteiger partial charge < -0.3 is 14.6 Å². The molecule has 23 heavy (non-hydrogen) atoms. The summed E-state index contributed by atoms with van der Waals surface area (Å²) < 4.78 is 11.0. The van der Waals surface area contributed by atoms with Crippen LogP contribution in [0.25, 0.3) is 0 Å². The van der Waals surface area contributed by atoms with Crippen LogP contribution < -0.4 is 0 Å². The molecule has 1 aromatic carbocycles. The molecule has 2 atom stereocenters. The summed E-state index contributed by atoms with van der Waals surface area (Å²) in [5.74, 6) is -1.06. The normalized spacial score (nSPS) is 24.5. The fourth-order valence-electron chi connectivity index (χ4n) is 2.82. The van der Waals surface area contributed by atoms with Gasteiger partial charge in [-0.1, -0.05) is 30.3 Å². The Morgan fingerprint density at radius 1 is 1.26 bits per heavy atom. The zero-order valence-electron chi connectivity index (χ0n) is 13.9. The number of aliphatic carboxylic acids is 1. The molecule has 1 amide bonds. The number of hydrogen-bond acceptors (Lipinski definition) is 4. The lowest BCUT2D eigenvalue weighted by Crippen LogP contribution is -2.44. The first-order valence-electron chi connectivity index (χ1n) is 7.52. The van der Waals surface area contributed by atoms with Gasteiger partial charge in [0.25, 0.3) is 0 Å². The number of rotatable bonds is 3. The van der Waals surface area contributed by atoms with E-state index in [1.165, 1.54) is 12.0 Å². The van der Waals surface area contributed by atoms with Crippen molar-refractivity contribution in [3.05, 3.63) is 35.9 Å². The van der Waals surface area contributed by atoms with Crippen LogP contribution in [0.2, 0.25) is 0 Å². The molecule has 2 rings (SSSR count). The van der Waals surface area contributed by atoms with Crippen molar-refractivity contribution < 1.29 is 24.2 Å². The predicted octanol–water partition coefficient (Wildman–Crippen LogP) is 2.62. The van der Waals surface area contributed by atoms with Crippen LogP contribution in [0.1, 0.15) is 32.8 Å². The largest absolute Gasteiger partial charge is 0.480 e. The predicted molar refractivity (Wildman–Crippen MR) is 84.1 cm³/mol. The number of likely N-dealkylation sites (tertiary alicyclic amines) is 1. The number of carboxylic acids is 1. The number of carbonyl (C=O) groups is 2. The number of ether oxygens (including phenoxy) is 2. The highest BCUT2D eigenvalue weighted by molar-refractivity contribution is 5.81. The smallest absolute Gasteiger partial charge is 0.411 e. The third-order valence-electron chi connectivity index (χ3n) is 3.93. The highest BCUT2D eigenvalue weighted by Gasteiger charge is 2.51. The highest BCUT2D eigenvalue weighted by Crippen LogP contribution is 2.39. The van der Waals surface area contributed by atoms with Gasteiger partial charge in [-0.3, -0.25) is 4.90 Å². The molecule has 0 unspecified atom stereocenters. The molecule has 1 aliphatic heterocycles. The fourth-order valence-corrected chi connectivity index (χ4v) is 2.82. The van der Waals surface area contributed by atoms with E-state index in [9.17, 15) is 14.7 Å². The van der Waals surface area contributed by atoms with Crippen LogP contribution >= 0.6 is 0 Å². The van der Waals surface area contributed by atoms with Crippen molar-refractivity contribution in [2.24, 2.45) is 0 Å². The molecule has 1 fully saturated rings. The average molecular weight is 321 g/mol. The molecular formula is C17H23NO5. The summed E-state index contributed by atoms with van der Waals surface area (Å²) in [5.41, 5.74) is -0.688. The summed E-state index contributed by atoms with van der Waals surface area (Å²) in [6.07, 6.45) is -0.456. The first kappa shape index (κ1) is 17.3. The Balaban J connectivity index is 2.33. The van der Waals surface area contributed by atoms with Gasteiger partial charge in [0.2, 0.25) is 0 Å². The van der Waals surface area contributed by atoms with Gasteiger partial charge in [-0.25, -0.2) is 9.59 Å². The molecule has 0 saturated carbocycles. The van der Waals surface area contributed by atoms with Crippen molar-refractivity contribution in [2.75, 3.05) is 13.7 Å². The van der Waals surface area contributed by atoms with Gasteiger partial charge in [-0.05, 0) is 26.3 Å². The maximum atomic E-state index is 12.4. The number of carbonyl (C=O) groups excluding carboxylic acids is 1. The quantitative estimate of drug-likeness (QED) is 0.926. The summed E-state index contributed by atoms with van der Waals surface area (Å²) in [7, 11) is 1.53. The molecule has 0 aliphatic carbocycles. The van der Waals surface area contributed by atoms with E-state index in [-0.39, 0.29) is 13.0 Å². The van der Waals surface area contributed by atoms with Crippen LogP contribution in [0.5, 0.6) is 0 Å². The number of nitrogens with zero attached hydrogens (tertiary/aromatic N) is 1. The van der Waals surface area contributed by atoms with Crippen molar-refractivity contribution in [2.45, 2.75) is 44.4 Å². The molecule has 1 heterocycles. The summed E-state index contributed by atoms with van der Waals surface area (Å²) >= 11 is 0. The van der Waals surface area contributed by atoms with Crippen LogP contribution in [-0.4, -0.2) is 47.4 Å². The molecule has 6 heteroatoms. The topological polar surface area (TPSA) is 76.1 Å². The fraction of sp³-hybridized carbons (Fsp3) is 0.529. The van der Waals surface area contributed by atoms with Gasteiger partial charge in [-0.2, -0.15) is 0 Å². The molecule has 0 spiro atoms. The highest BCUT2D eigenvalue weighted by atomic mass is 16.6. The van der Waals surface area contributed by atoms with Crippen molar-refractivity contribution in [3.8, 4) is 0 Å². The van der Waals surface area contributed by atoms with Crippen molar-refractivity contribution >= 4 is 12.1 Å². The summed E-state index contributed by atoms with van der Waals surface area (Å²) in [4.78, 5) is 25.2. The molecule has 0 aromatic heterocycles. The van der Waals surface area contributed by atoms with E-state index in [0.717, 1.165) is 5.56 Å². The molecule has 126 valence electrons. The van der Waals surface area contributed by atoms with Crippen LogP contribution in [0.15, 0.2) is 30.3 Å². The Bertz CT molecular complexity index is 580. The van der Waals surface area contributed by atoms with Gasteiger partial charge in [0.15, 0.2) is 0 Å². The van der Waals surface area contributed by atoms with Gasteiger partial charge >= 0.3 is 12.1 Å². The van der Waals surface area contributed by atoms with E-state index in [1.54, 1.807) is 20.8 Å². The number of carboxylic acid groups (broad SMARTS) is 1. The molecule has 1 aromatic rings. The number of hydrogen-bond donors (Lipinski definition) is 1. The number of methoxy groups -OCH3 is 1. The van der Waals surface area contributed by atoms with E-state index < -0.39 is 29.3 Å². The van der Waals surface area contributed by atoms with Crippen LogP contribution in [0.4, 0.5) is 4.79 Å². The summed E-state index contributed by atoms with van der Waals surface area (Å²) in [5, 5.41) is 9.50. The first-order chi connectivity index (χ1) is 10.7. The summed E-state index contributed by atoms with van der Waals surface area (Å²) in [6, 6.07) is 8.37. The second kappa shape index (κ2) is 6.20. The van der Waals surface area contributed by atoms with E-state index in [1.807, 2.05) is 30.3 Å². The van der Waals surface area contributed by atoms with E-state index in [0.29, 0.717) is 0 Å². The Kier molecular flexibility index (Phi) is 4.66. The van der Waals surface area contributed by atoms with Crippen molar-refractivity contribution in [1.82, 2.24) is 4.90 Å². The minimum absolute atomic E-state index is 0.138. The molecule has 1 saturated heterocycles. The van der Waals surface area contributed by atoms with Crippen LogP contribution in [0, 0.1) is 0 Å². The van der Waals surface area contributed by atoms with Crippen molar-refractivity contribution in [1.29, 1.82) is 0 Å². The third-order valence-corrected chi connectivity index (χ3v) is 3.93. The molecule has 0 radical (unpaired) electrons. The molecule has 1 aliphatic rings.